The molecule has 0 heterocycles. The number of benzene rings is 3. The first-order valence-electron chi connectivity index (χ1n) is 10.3. The Bertz CT molecular complexity index is 1280. The Kier molecular flexibility index (Phi) is 7.91. The number of para-hydroxylation sites is 1. The highest BCUT2D eigenvalue weighted by atomic mass is 16.5. The minimum Gasteiger partial charge on any atom is -0.496 e. The van der Waals surface area contributed by atoms with Crippen LogP contribution in [0.3, 0.4) is 0 Å². The van der Waals surface area contributed by atoms with Crippen LogP contribution in [-0.4, -0.2) is 36.5 Å². The molecule has 0 radical (unpaired) electrons. The Balaban J connectivity index is 1.57. The van der Waals surface area contributed by atoms with Crippen LogP contribution >= 0.6 is 0 Å². The number of hydrazone groups is 1. The monoisotopic (exact) mass is 474 g/mol. The molecule has 0 saturated heterocycles. The molecule has 0 aliphatic heterocycles. The van der Waals surface area contributed by atoms with E-state index in [1.54, 1.807) is 55.5 Å². The molecular weight excluding hydrogens is 452 g/mol. The average Bonchev–Trinajstić information content (AvgIpc) is 2.87. The number of hydrogen-bond acceptors (Lipinski definition) is 7. The standard InChI is InChI=1S/C25H22N4O6/c1-15(28-29-24(32)23(31)27-18-11-7-17(8-12-18)22(26)30)16-9-13-19(14-10-16)35-25(33)20-5-3-4-6-21(20)34-2/h3-14H,1-2H3,(H2,26,30)(H,27,31)(H,29,32)/b28-15+. The molecule has 3 aromatic carbocycles. The summed E-state index contributed by atoms with van der Waals surface area (Å²) < 4.78 is 10.5. The van der Waals surface area contributed by atoms with Crippen molar-refractivity contribution in [2.45, 2.75) is 6.92 Å². The summed E-state index contributed by atoms with van der Waals surface area (Å²) in [4.78, 5) is 47.6. The van der Waals surface area contributed by atoms with Gasteiger partial charge in [-0.3, -0.25) is 14.4 Å². The van der Waals surface area contributed by atoms with Crippen LogP contribution in [0, 0.1) is 0 Å². The summed E-state index contributed by atoms with van der Waals surface area (Å²) in [5.74, 6) is -2.38. The zero-order chi connectivity index (χ0) is 25.4. The second-order valence-corrected chi connectivity index (χ2v) is 7.15. The van der Waals surface area contributed by atoms with E-state index in [0.29, 0.717) is 34.0 Å². The highest BCUT2D eigenvalue weighted by molar-refractivity contribution is 6.39. The van der Waals surface area contributed by atoms with Gasteiger partial charge in [-0.05, 0) is 73.2 Å². The third-order valence-electron chi connectivity index (χ3n) is 4.77. The van der Waals surface area contributed by atoms with E-state index >= 15 is 0 Å². The van der Waals surface area contributed by atoms with Gasteiger partial charge in [-0.25, -0.2) is 10.2 Å². The molecule has 0 atom stereocenters. The molecule has 178 valence electrons. The van der Waals surface area contributed by atoms with Crippen molar-refractivity contribution in [3.05, 3.63) is 89.5 Å². The zero-order valence-corrected chi connectivity index (χ0v) is 18.9. The molecule has 0 bridgehead atoms. The van der Waals surface area contributed by atoms with Crippen molar-refractivity contribution in [3.8, 4) is 11.5 Å². The lowest BCUT2D eigenvalue weighted by molar-refractivity contribution is -0.136. The summed E-state index contributed by atoms with van der Waals surface area (Å²) in [5.41, 5.74) is 9.26. The van der Waals surface area contributed by atoms with Gasteiger partial charge < -0.3 is 20.5 Å². The first-order valence-corrected chi connectivity index (χ1v) is 10.3. The summed E-state index contributed by atoms with van der Waals surface area (Å²) in [6.07, 6.45) is 0. The van der Waals surface area contributed by atoms with Crippen molar-refractivity contribution in [2.75, 3.05) is 12.4 Å². The molecule has 3 rings (SSSR count). The normalized spacial score (nSPS) is 10.7. The number of ether oxygens (including phenoxy) is 2. The van der Waals surface area contributed by atoms with Crippen LogP contribution in [0.5, 0.6) is 11.5 Å². The van der Waals surface area contributed by atoms with Crippen molar-refractivity contribution >= 4 is 35.1 Å². The topological polar surface area (TPSA) is 149 Å². The number of carbonyl (C=O) groups excluding carboxylic acids is 4. The average molecular weight is 474 g/mol. The van der Waals surface area contributed by atoms with Crippen molar-refractivity contribution in [1.29, 1.82) is 0 Å². The van der Waals surface area contributed by atoms with Crippen LogP contribution in [0.1, 0.15) is 33.2 Å². The minimum absolute atomic E-state index is 0.272. The van der Waals surface area contributed by atoms with E-state index in [4.69, 9.17) is 15.2 Å². The quantitative estimate of drug-likeness (QED) is 0.157. The van der Waals surface area contributed by atoms with Crippen molar-refractivity contribution in [1.82, 2.24) is 5.43 Å². The molecule has 10 heteroatoms. The fraction of sp³-hybridized carbons (Fsp3) is 0.0800. The Morgan fingerprint density at radius 1 is 0.829 bits per heavy atom. The van der Waals surface area contributed by atoms with Crippen LogP contribution in [0.15, 0.2) is 77.9 Å². The molecule has 0 aliphatic rings. The molecule has 4 N–H and O–H groups in total. The van der Waals surface area contributed by atoms with Gasteiger partial charge >= 0.3 is 17.8 Å². The lowest BCUT2D eigenvalue weighted by Gasteiger charge is -2.09. The van der Waals surface area contributed by atoms with E-state index in [1.165, 1.54) is 31.4 Å². The lowest BCUT2D eigenvalue weighted by Crippen LogP contribution is -2.33. The number of anilines is 1. The van der Waals surface area contributed by atoms with Crippen LogP contribution in [0.25, 0.3) is 0 Å². The van der Waals surface area contributed by atoms with Gasteiger partial charge in [0.05, 0.1) is 12.8 Å². The van der Waals surface area contributed by atoms with E-state index in [9.17, 15) is 19.2 Å². The van der Waals surface area contributed by atoms with Gasteiger partial charge in [0, 0.05) is 11.3 Å². The SMILES string of the molecule is COc1ccccc1C(=O)Oc1ccc(/C(C)=N/NC(=O)C(=O)Nc2ccc(C(N)=O)cc2)cc1. The molecular formula is C25H22N4O6. The maximum Gasteiger partial charge on any atom is 0.347 e. The Hall–Kier alpha value is -4.99. The summed E-state index contributed by atoms with van der Waals surface area (Å²) in [6.45, 7) is 1.64. The number of rotatable bonds is 7. The molecule has 35 heavy (non-hydrogen) atoms. The summed E-state index contributed by atoms with van der Waals surface area (Å²) in [6, 6.07) is 18.9. The van der Waals surface area contributed by atoms with E-state index < -0.39 is 23.7 Å². The number of hydrogen-bond donors (Lipinski definition) is 3. The number of nitrogens with zero attached hydrogens (tertiary/aromatic N) is 1. The predicted octanol–water partition coefficient (Wildman–Crippen LogP) is 2.49. The molecule has 3 amide bonds. The molecule has 0 aliphatic carbocycles. The van der Waals surface area contributed by atoms with Gasteiger partial charge in [0.2, 0.25) is 5.91 Å². The number of primary amides is 1. The molecule has 10 nitrogen and oxygen atoms in total. The third kappa shape index (κ3) is 6.51. The minimum atomic E-state index is -0.981. The maximum absolute atomic E-state index is 12.4. The van der Waals surface area contributed by atoms with Gasteiger partial charge in [-0.1, -0.05) is 12.1 Å². The van der Waals surface area contributed by atoms with Crippen LogP contribution in [-0.2, 0) is 9.59 Å². The van der Waals surface area contributed by atoms with Gasteiger partial charge in [-0.2, -0.15) is 5.10 Å². The van der Waals surface area contributed by atoms with Crippen molar-refractivity contribution in [3.63, 3.8) is 0 Å². The van der Waals surface area contributed by atoms with E-state index in [2.05, 4.69) is 15.8 Å². The van der Waals surface area contributed by atoms with Crippen LogP contribution in [0.4, 0.5) is 5.69 Å². The maximum atomic E-state index is 12.4. The molecule has 0 fully saturated rings. The highest BCUT2D eigenvalue weighted by Gasteiger charge is 2.15. The molecule has 3 aromatic rings. The highest BCUT2D eigenvalue weighted by Crippen LogP contribution is 2.21. The smallest absolute Gasteiger partial charge is 0.347 e. The molecule has 0 aromatic heterocycles. The van der Waals surface area contributed by atoms with E-state index in [1.807, 2.05) is 0 Å². The fourth-order valence-electron chi connectivity index (χ4n) is 2.90. The first-order chi connectivity index (χ1) is 16.8. The molecule has 0 spiro atoms. The largest absolute Gasteiger partial charge is 0.496 e. The van der Waals surface area contributed by atoms with Crippen LogP contribution < -0.4 is 25.9 Å². The molecule has 0 unspecified atom stereocenters. The summed E-state index contributed by atoms with van der Waals surface area (Å²) in [5, 5.41) is 6.31. The fourth-order valence-corrected chi connectivity index (χ4v) is 2.90. The summed E-state index contributed by atoms with van der Waals surface area (Å²) >= 11 is 0. The van der Waals surface area contributed by atoms with Gasteiger partial charge in [-0.15, -0.1) is 0 Å². The zero-order valence-electron chi connectivity index (χ0n) is 18.9. The molecule has 0 saturated carbocycles. The Labute approximate surface area is 200 Å². The summed E-state index contributed by atoms with van der Waals surface area (Å²) in [7, 11) is 1.47. The van der Waals surface area contributed by atoms with Crippen LogP contribution in [0.2, 0.25) is 0 Å². The van der Waals surface area contributed by atoms with Crippen molar-refractivity contribution in [2.24, 2.45) is 10.8 Å². The number of amides is 3. The van der Waals surface area contributed by atoms with E-state index in [0.717, 1.165) is 0 Å². The van der Waals surface area contributed by atoms with Gasteiger partial charge in [0.1, 0.15) is 17.1 Å². The number of nitrogens with one attached hydrogen (secondary N) is 2. The second-order valence-electron chi connectivity index (χ2n) is 7.15. The second kappa shape index (κ2) is 11.2. The predicted molar refractivity (Wildman–Crippen MR) is 128 cm³/mol. The number of carbonyl (C=O) groups is 4. The van der Waals surface area contributed by atoms with Gasteiger partial charge in [0.25, 0.3) is 0 Å². The lowest BCUT2D eigenvalue weighted by atomic mass is 10.1. The Morgan fingerprint density at radius 3 is 2.09 bits per heavy atom. The number of esters is 1. The number of methoxy groups -OCH3 is 1. The van der Waals surface area contributed by atoms with Gasteiger partial charge in [0.15, 0.2) is 0 Å². The van der Waals surface area contributed by atoms with Crippen molar-refractivity contribution < 1.29 is 28.7 Å². The Morgan fingerprint density at radius 2 is 1.46 bits per heavy atom. The first kappa shape index (κ1) is 24.6. The van der Waals surface area contributed by atoms with E-state index in [-0.39, 0.29) is 5.56 Å². The third-order valence-corrected chi connectivity index (χ3v) is 4.77. The number of nitrogens with two attached hydrogens (primary N) is 1.